The highest BCUT2D eigenvalue weighted by molar-refractivity contribution is 5.92. The number of ether oxygens (including phenoxy) is 1. The molecule has 2 fully saturated rings. The highest BCUT2D eigenvalue weighted by Gasteiger charge is 2.42. The first kappa shape index (κ1) is 30.4. The van der Waals surface area contributed by atoms with Crippen LogP contribution in [0.4, 0.5) is 0 Å². The molecule has 9 heteroatoms. The molecule has 1 aromatic carbocycles. The van der Waals surface area contributed by atoms with Gasteiger partial charge in [-0.15, -0.1) is 0 Å². The Morgan fingerprint density at radius 2 is 1.72 bits per heavy atom. The lowest BCUT2D eigenvalue weighted by Gasteiger charge is -2.45. The van der Waals surface area contributed by atoms with Gasteiger partial charge in [0.05, 0.1) is 13.0 Å². The van der Waals surface area contributed by atoms with Crippen molar-refractivity contribution < 1.29 is 29.0 Å². The molecule has 3 rings (SSSR count). The molecule has 2 heterocycles. The molecule has 2 atom stereocenters. The maximum absolute atomic E-state index is 13.8. The molecule has 0 aromatic heterocycles. The van der Waals surface area contributed by atoms with Crippen molar-refractivity contribution in [2.75, 3.05) is 32.8 Å². The summed E-state index contributed by atoms with van der Waals surface area (Å²) in [6.45, 7) is 12.3. The van der Waals surface area contributed by atoms with Gasteiger partial charge in [-0.1, -0.05) is 39.8 Å². The number of nitrogens with zero attached hydrogens (tertiary/aromatic N) is 3. The van der Waals surface area contributed by atoms with E-state index in [2.05, 4.69) is 13.8 Å². The number of hydrogen-bond donors (Lipinski definition) is 1. The maximum atomic E-state index is 13.8. The van der Waals surface area contributed by atoms with Gasteiger partial charge in [0.15, 0.2) is 0 Å². The summed E-state index contributed by atoms with van der Waals surface area (Å²) in [4.78, 5) is 56.0. The molecule has 3 amide bonds. The second kappa shape index (κ2) is 13.8. The quantitative estimate of drug-likeness (QED) is 0.458. The van der Waals surface area contributed by atoms with E-state index in [9.17, 15) is 19.2 Å². The molecule has 2 saturated heterocycles. The van der Waals surface area contributed by atoms with Gasteiger partial charge in [-0.2, -0.15) is 0 Å². The summed E-state index contributed by atoms with van der Waals surface area (Å²) in [5.41, 5.74) is 0.700. The number of benzene rings is 1. The summed E-state index contributed by atoms with van der Waals surface area (Å²) < 4.78 is 5.96. The van der Waals surface area contributed by atoms with Crippen LogP contribution < -0.4 is 4.74 Å². The second-order valence-corrected chi connectivity index (χ2v) is 11.8. The number of likely N-dealkylation sites (tertiary alicyclic amines) is 1. The van der Waals surface area contributed by atoms with Crippen LogP contribution >= 0.6 is 0 Å². The lowest BCUT2D eigenvalue weighted by atomic mass is 9.93. The molecule has 2 unspecified atom stereocenters. The molecule has 0 radical (unpaired) electrons. The average Bonchev–Trinajstić information content (AvgIpc) is 2.86. The van der Waals surface area contributed by atoms with E-state index in [4.69, 9.17) is 9.84 Å². The summed E-state index contributed by atoms with van der Waals surface area (Å²) in [6, 6.07) is 6.12. The van der Waals surface area contributed by atoms with E-state index in [1.165, 1.54) is 6.92 Å². The summed E-state index contributed by atoms with van der Waals surface area (Å²) in [6.07, 6.45) is 2.74. The first-order chi connectivity index (χ1) is 18.5. The summed E-state index contributed by atoms with van der Waals surface area (Å²) in [5.74, 6) is 0.344. The Balaban J connectivity index is 1.62. The number of carboxylic acid groups (broad SMARTS) is 1. The van der Waals surface area contributed by atoms with Gasteiger partial charge in [0.2, 0.25) is 17.7 Å². The van der Waals surface area contributed by atoms with Crippen LogP contribution in [0.25, 0.3) is 0 Å². The van der Waals surface area contributed by atoms with Crippen molar-refractivity contribution in [3.63, 3.8) is 0 Å². The first-order valence-electron chi connectivity index (χ1n) is 14.3. The molecule has 0 bridgehead atoms. The van der Waals surface area contributed by atoms with Crippen LogP contribution in [0.2, 0.25) is 0 Å². The highest BCUT2D eigenvalue weighted by atomic mass is 16.5. The number of piperidine rings is 1. The number of rotatable bonds is 11. The highest BCUT2D eigenvalue weighted by Crippen LogP contribution is 2.26. The largest absolute Gasteiger partial charge is 0.493 e. The predicted octanol–water partition coefficient (Wildman–Crippen LogP) is 3.45. The Morgan fingerprint density at radius 3 is 2.31 bits per heavy atom. The third-order valence-electron chi connectivity index (χ3n) is 7.65. The third-order valence-corrected chi connectivity index (χ3v) is 7.65. The monoisotopic (exact) mass is 543 g/mol. The first-order valence-corrected chi connectivity index (χ1v) is 14.3. The summed E-state index contributed by atoms with van der Waals surface area (Å²) in [7, 11) is 0. The van der Waals surface area contributed by atoms with Gasteiger partial charge in [-0.3, -0.25) is 19.2 Å². The fourth-order valence-electron chi connectivity index (χ4n) is 5.64. The van der Waals surface area contributed by atoms with Gasteiger partial charge in [0.25, 0.3) is 0 Å². The Hall–Kier alpha value is -3.10. The van der Waals surface area contributed by atoms with E-state index >= 15 is 0 Å². The van der Waals surface area contributed by atoms with Crippen molar-refractivity contribution in [2.45, 2.75) is 78.8 Å². The van der Waals surface area contributed by atoms with E-state index in [-0.39, 0.29) is 41.9 Å². The van der Waals surface area contributed by atoms with Crippen molar-refractivity contribution in [1.82, 2.24) is 14.7 Å². The van der Waals surface area contributed by atoms with Crippen LogP contribution in [-0.4, -0.2) is 88.4 Å². The number of hydrogen-bond acceptors (Lipinski definition) is 5. The number of carbonyl (C=O) groups excluding carboxylic acids is 3. The van der Waals surface area contributed by atoms with Crippen molar-refractivity contribution in [3.8, 4) is 5.75 Å². The minimum absolute atomic E-state index is 0.00244. The zero-order valence-corrected chi connectivity index (χ0v) is 24.1. The van der Waals surface area contributed by atoms with Gasteiger partial charge in [0.1, 0.15) is 17.8 Å². The minimum Gasteiger partial charge on any atom is -0.493 e. The van der Waals surface area contributed by atoms with Crippen molar-refractivity contribution in [1.29, 1.82) is 0 Å². The minimum atomic E-state index is -0.877. The Bertz CT molecular complexity index is 1020. The Morgan fingerprint density at radius 1 is 1.03 bits per heavy atom. The van der Waals surface area contributed by atoms with Gasteiger partial charge in [-0.05, 0) is 61.1 Å². The molecule has 9 nitrogen and oxygen atoms in total. The van der Waals surface area contributed by atoms with Crippen LogP contribution in [0.15, 0.2) is 24.3 Å². The molecule has 1 N–H and O–H groups in total. The number of carbonyl (C=O) groups is 4. The molecule has 1 aromatic rings. The Labute approximate surface area is 232 Å². The number of carboxylic acids is 1. The predicted molar refractivity (Wildman–Crippen MR) is 148 cm³/mol. The number of piperazine rings is 1. The van der Waals surface area contributed by atoms with Gasteiger partial charge in [-0.25, -0.2) is 0 Å². The molecular formula is C30H45N3O6. The number of amides is 3. The van der Waals surface area contributed by atoms with Gasteiger partial charge < -0.3 is 24.5 Å². The standard InChI is InChI=1S/C30H45N3O6/c1-20(2)15-26(33-14-13-32(22(5)34)27(30(33)38)16-21(3)4)29(37)31-11-9-23(10-12-31)19-39-25-8-6-7-24(17-25)18-28(35)36/h6-8,17,20-21,23,26-27H,9-16,18-19H2,1-5H3,(H,35,36). The smallest absolute Gasteiger partial charge is 0.307 e. The molecular weight excluding hydrogens is 498 g/mol. The molecule has 0 spiro atoms. The fourth-order valence-corrected chi connectivity index (χ4v) is 5.64. The normalized spacial score (nSPS) is 19.5. The molecule has 2 aliphatic heterocycles. The lowest BCUT2D eigenvalue weighted by Crippen LogP contribution is -2.63. The van der Waals surface area contributed by atoms with Gasteiger partial charge in [0, 0.05) is 33.1 Å². The molecule has 0 saturated carbocycles. The van der Waals surface area contributed by atoms with E-state index < -0.39 is 18.1 Å². The van der Waals surface area contributed by atoms with Crippen molar-refractivity contribution >= 4 is 23.7 Å². The van der Waals surface area contributed by atoms with Crippen molar-refractivity contribution in [3.05, 3.63) is 29.8 Å². The van der Waals surface area contributed by atoms with Crippen LogP contribution in [-0.2, 0) is 25.6 Å². The topological polar surface area (TPSA) is 107 Å². The fraction of sp³-hybridized carbons (Fsp3) is 0.667. The van der Waals surface area contributed by atoms with Crippen molar-refractivity contribution in [2.24, 2.45) is 17.8 Å². The zero-order chi connectivity index (χ0) is 28.7. The zero-order valence-electron chi connectivity index (χ0n) is 24.1. The van der Waals surface area contributed by atoms with Crippen LogP contribution in [0.1, 0.15) is 65.9 Å². The lowest BCUT2D eigenvalue weighted by molar-refractivity contribution is -0.159. The molecule has 39 heavy (non-hydrogen) atoms. The SMILES string of the molecule is CC(=O)N1CCN(C(CC(C)C)C(=O)N2CCC(COc3cccc(CC(=O)O)c3)CC2)C(=O)C1CC(C)C. The van der Waals surface area contributed by atoms with Gasteiger partial charge >= 0.3 is 5.97 Å². The third kappa shape index (κ3) is 8.44. The average molecular weight is 544 g/mol. The molecule has 216 valence electrons. The van der Waals surface area contributed by atoms with E-state index in [0.717, 1.165) is 12.8 Å². The molecule has 0 aliphatic carbocycles. The van der Waals surface area contributed by atoms with E-state index in [0.29, 0.717) is 56.9 Å². The van der Waals surface area contributed by atoms with Crippen LogP contribution in [0.3, 0.4) is 0 Å². The molecule has 2 aliphatic rings. The Kier molecular flexibility index (Phi) is 10.8. The van der Waals surface area contributed by atoms with E-state index in [1.54, 1.807) is 28.0 Å². The number of aliphatic carboxylic acids is 1. The summed E-state index contributed by atoms with van der Waals surface area (Å²) >= 11 is 0. The second-order valence-electron chi connectivity index (χ2n) is 11.8. The summed E-state index contributed by atoms with van der Waals surface area (Å²) in [5, 5.41) is 9.02. The van der Waals surface area contributed by atoms with E-state index in [1.807, 2.05) is 24.8 Å². The van der Waals surface area contributed by atoms with Crippen LogP contribution in [0.5, 0.6) is 5.75 Å². The van der Waals surface area contributed by atoms with Crippen LogP contribution in [0, 0.1) is 17.8 Å². The maximum Gasteiger partial charge on any atom is 0.307 e.